The number of nitrogens with one attached hydrogen (secondary N) is 1. The molecule has 25 heavy (non-hydrogen) atoms. The van der Waals surface area contributed by atoms with Crippen LogP contribution in [0.2, 0.25) is 0 Å². The molecule has 3 rings (SSSR count). The number of benzene rings is 1. The lowest BCUT2D eigenvalue weighted by Crippen LogP contribution is -2.30. The zero-order valence-electron chi connectivity index (χ0n) is 13.0. The Balaban J connectivity index is 1.48. The van der Waals surface area contributed by atoms with E-state index in [4.69, 9.17) is 5.11 Å². The molecule has 2 aromatic heterocycles. The number of amides is 1. The van der Waals surface area contributed by atoms with E-state index in [1.165, 1.54) is 21.5 Å². The van der Waals surface area contributed by atoms with Crippen molar-refractivity contribution >= 4 is 23.2 Å². The molecule has 0 aliphatic rings. The third-order valence-corrected chi connectivity index (χ3v) is 4.11. The quantitative estimate of drug-likeness (QED) is 0.642. The van der Waals surface area contributed by atoms with Crippen molar-refractivity contribution < 1.29 is 14.7 Å². The van der Waals surface area contributed by atoms with Crippen molar-refractivity contribution in [2.24, 2.45) is 0 Å². The molecule has 0 unspecified atom stereocenters. The molecule has 0 aliphatic heterocycles. The zero-order chi connectivity index (χ0) is 17.6. The van der Waals surface area contributed by atoms with Crippen molar-refractivity contribution in [3.05, 3.63) is 46.4 Å². The highest BCUT2D eigenvalue weighted by molar-refractivity contribution is 7.09. The van der Waals surface area contributed by atoms with Gasteiger partial charge in [-0.2, -0.15) is 4.80 Å². The summed E-state index contributed by atoms with van der Waals surface area (Å²) in [5, 5.41) is 25.6. The Bertz CT molecular complexity index is 876. The first-order valence-corrected chi connectivity index (χ1v) is 8.27. The molecule has 2 N–H and O–H groups in total. The molecule has 10 heteroatoms. The summed E-state index contributed by atoms with van der Waals surface area (Å²) >= 11 is 1.25. The Hall–Kier alpha value is -3.14. The summed E-state index contributed by atoms with van der Waals surface area (Å²) in [5.74, 6) is -0.859. The molecule has 1 aromatic carbocycles. The van der Waals surface area contributed by atoms with E-state index in [0.717, 1.165) is 5.56 Å². The van der Waals surface area contributed by atoms with Crippen molar-refractivity contribution in [1.82, 2.24) is 30.5 Å². The van der Waals surface area contributed by atoms with E-state index in [1.807, 2.05) is 30.3 Å². The third-order valence-electron chi connectivity index (χ3n) is 3.20. The van der Waals surface area contributed by atoms with Crippen LogP contribution in [-0.4, -0.2) is 48.7 Å². The lowest BCUT2D eigenvalue weighted by Gasteiger charge is -2.02. The highest BCUT2D eigenvalue weighted by Crippen LogP contribution is 2.12. The maximum atomic E-state index is 11.9. The Morgan fingerprint density at radius 1 is 1.24 bits per heavy atom. The standard InChI is InChI=1S/C15H14N6O3S/c22-12(16-7-6-13-17-11(9-25-13)15(23)24)8-21-19-14(18-20-21)10-4-2-1-3-5-10/h1-5,9H,6-8H2,(H,16,22)(H,23,24). The minimum Gasteiger partial charge on any atom is -0.476 e. The minimum absolute atomic E-state index is 0.0200. The number of tetrazole rings is 1. The monoisotopic (exact) mass is 358 g/mol. The molecule has 3 aromatic rings. The summed E-state index contributed by atoms with van der Waals surface area (Å²) < 4.78 is 0. The molecule has 0 saturated heterocycles. The van der Waals surface area contributed by atoms with Crippen LogP contribution in [0.4, 0.5) is 0 Å². The maximum Gasteiger partial charge on any atom is 0.355 e. The number of carboxylic acids is 1. The smallest absolute Gasteiger partial charge is 0.355 e. The van der Waals surface area contributed by atoms with Crippen LogP contribution in [0.1, 0.15) is 15.5 Å². The summed E-state index contributed by atoms with van der Waals surface area (Å²) in [5.41, 5.74) is 0.846. The van der Waals surface area contributed by atoms with E-state index >= 15 is 0 Å². The van der Waals surface area contributed by atoms with Crippen LogP contribution < -0.4 is 5.32 Å². The number of aromatic carboxylic acids is 1. The summed E-state index contributed by atoms with van der Waals surface area (Å²) in [4.78, 5) is 27.8. The average Bonchev–Trinajstić information content (AvgIpc) is 3.25. The number of carbonyl (C=O) groups excluding carboxylic acids is 1. The van der Waals surface area contributed by atoms with Gasteiger partial charge in [0.25, 0.3) is 0 Å². The molecule has 9 nitrogen and oxygen atoms in total. The van der Waals surface area contributed by atoms with E-state index in [2.05, 4.69) is 25.7 Å². The van der Waals surface area contributed by atoms with Crippen molar-refractivity contribution in [3.63, 3.8) is 0 Å². The van der Waals surface area contributed by atoms with Crippen molar-refractivity contribution in [2.45, 2.75) is 13.0 Å². The average molecular weight is 358 g/mol. The lowest BCUT2D eigenvalue weighted by molar-refractivity contribution is -0.122. The summed E-state index contributed by atoms with van der Waals surface area (Å²) in [7, 11) is 0. The van der Waals surface area contributed by atoms with E-state index in [-0.39, 0.29) is 18.1 Å². The van der Waals surface area contributed by atoms with Crippen LogP contribution in [0.25, 0.3) is 11.4 Å². The van der Waals surface area contributed by atoms with Crippen LogP contribution in [0.3, 0.4) is 0 Å². The van der Waals surface area contributed by atoms with Gasteiger partial charge in [-0.15, -0.1) is 21.5 Å². The molecular weight excluding hydrogens is 344 g/mol. The van der Waals surface area contributed by atoms with Gasteiger partial charge in [0.1, 0.15) is 6.54 Å². The highest BCUT2D eigenvalue weighted by Gasteiger charge is 2.10. The lowest BCUT2D eigenvalue weighted by atomic mass is 10.2. The molecule has 0 saturated carbocycles. The maximum absolute atomic E-state index is 11.9. The fourth-order valence-corrected chi connectivity index (χ4v) is 2.80. The first-order valence-electron chi connectivity index (χ1n) is 7.39. The normalized spacial score (nSPS) is 10.6. The molecule has 0 atom stereocenters. The third kappa shape index (κ3) is 4.44. The van der Waals surface area contributed by atoms with Crippen molar-refractivity contribution in [1.29, 1.82) is 0 Å². The number of nitrogens with zero attached hydrogens (tertiary/aromatic N) is 5. The molecule has 0 radical (unpaired) electrons. The summed E-state index contributed by atoms with van der Waals surface area (Å²) in [6, 6.07) is 9.36. The fraction of sp³-hybridized carbons (Fsp3) is 0.200. The van der Waals surface area contributed by atoms with Gasteiger partial charge in [-0.3, -0.25) is 4.79 Å². The van der Waals surface area contributed by atoms with Crippen LogP contribution in [0.15, 0.2) is 35.7 Å². The van der Waals surface area contributed by atoms with E-state index in [0.29, 0.717) is 23.8 Å². The predicted molar refractivity (Wildman–Crippen MR) is 89.0 cm³/mol. The van der Waals surface area contributed by atoms with Crippen LogP contribution in [0, 0.1) is 0 Å². The molecule has 0 aliphatic carbocycles. The number of rotatable bonds is 7. The number of thiazole rings is 1. The highest BCUT2D eigenvalue weighted by atomic mass is 32.1. The Labute approximate surface area is 146 Å². The molecular formula is C15H14N6O3S. The topological polar surface area (TPSA) is 123 Å². The summed E-state index contributed by atoms with van der Waals surface area (Å²) in [6.07, 6.45) is 0.462. The number of hydrogen-bond donors (Lipinski definition) is 2. The van der Waals surface area contributed by atoms with Crippen molar-refractivity contribution in [3.8, 4) is 11.4 Å². The van der Waals surface area contributed by atoms with E-state index in [1.54, 1.807) is 0 Å². The molecule has 0 fully saturated rings. The van der Waals surface area contributed by atoms with Gasteiger partial charge in [0.15, 0.2) is 5.69 Å². The van der Waals surface area contributed by atoms with Crippen LogP contribution >= 0.6 is 11.3 Å². The number of aromatic nitrogens is 5. The molecule has 0 bridgehead atoms. The molecule has 128 valence electrons. The van der Waals surface area contributed by atoms with E-state index < -0.39 is 5.97 Å². The van der Waals surface area contributed by atoms with Gasteiger partial charge in [-0.05, 0) is 5.21 Å². The first kappa shape index (κ1) is 16.7. The van der Waals surface area contributed by atoms with Gasteiger partial charge in [-0.25, -0.2) is 9.78 Å². The SMILES string of the molecule is O=C(Cn1nnc(-c2ccccc2)n1)NCCc1nc(C(=O)O)cs1. The Morgan fingerprint density at radius 2 is 2.04 bits per heavy atom. The molecule has 1 amide bonds. The molecule has 0 spiro atoms. The minimum atomic E-state index is -1.06. The zero-order valence-corrected chi connectivity index (χ0v) is 13.8. The fourth-order valence-electron chi connectivity index (χ4n) is 2.03. The second-order valence-electron chi connectivity index (χ2n) is 5.04. The van der Waals surface area contributed by atoms with Gasteiger partial charge >= 0.3 is 5.97 Å². The largest absolute Gasteiger partial charge is 0.476 e. The van der Waals surface area contributed by atoms with Gasteiger partial charge in [0, 0.05) is 23.9 Å². The second-order valence-corrected chi connectivity index (χ2v) is 5.98. The predicted octanol–water partition coefficient (Wildman–Crippen LogP) is 0.854. The Kier molecular flexibility index (Phi) is 5.09. The Morgan fingerprint density at radius 3 is 2.76 bits per heavy atom. The number of carboxylic acid groups (broad SMARTS) is 1. The second kappa shape index (κ2) is 7.62. The van der Waals surface area contributed by atoms with Gasteiger partial charge in [0.2, 0.25) is 11.7 Å². The summed E-state index contributed by atoms with van der Waals surface area (Å²) in [6.45, 7) is 0.309. The van der Waals surface area contributed by atoms with Gasteiger partial charge < -0.3 is 10.4 Å². The number of carbonyl (C=O) groups is 2. The van der Waals surface area contributed by atoms with Crippen LogP contribution in [0.5, 0.6) is 0 Å². The van der Waals surface area contributed by atoms with Crippen molar-refractivity contribution in [2.75, 3.05) is 6.54 Å². The molecule has 2 heterocycles. The first-order chi connectivity index (χ1) is 12.1. The van der Waals surface area contributed by atoms with Gasteiger partial charge in [0.05, 0.1) is 5.01 Å². The van der Waals surface area contributed by atoms with Crippen LogP contribution in [-0.2, 0) is 17.8 Å². The number of hydrogen-bond acceptors (Lipinski definition) is 7. The van der Waals surface area contributed by atoms with E-state index in [9.17, 15) is 9.59 Å². The van der Waals surface area contributed by atoms with Gasteiger partial charge in [-0.1, -0.05) is 30.3 Å².